The van der Waals surface area contributed by atoms with Crippen molar-refractivity contribution in [1.29, 1.82) is 0 Å². The summed E-state index contributed by atoms with van der Waals surface area (Å²) in [6, 6.07) is 5.87. The predicted octanol–water partition coefficient (Wildman–Crippen LogP) is 3.36. The first-order valence-electron chi connectivity index (χ1n) is 10.5. The number of nitrogens with zero attached hydrogens (tertiary/aromatic N) is 4. The highest BCUT2D eigenvalue weighted by atomic mass is 16.5. The highest BCUT2D eigenvalue weighted by Gasteiger charge is 2.31. The topological polar surface area (TPSA) is 80.2 Å². The Hall–Kier alpha value is -2.54. The van der Waals surface area contributed by atoms with E-state index in [4.69, 9.17) is 14.7 Å². The summed E-state index contributed by atoms with van der Waals surface area (Å²) in [4.78, 5) is 28.8. The maximum atomic E-state index is 13.0. The first kappa shape index (κ1) is 19.8. The molecule has 7 nitrogen and oxygen atoms in total. The summed E-state index contributed by atoms with van der Waals surface area (Å²) < 4.78 is 5.41. The van der Waals surface area contributed by atoms with E-state index in [1.165, 1.54) is 0 Å². The standard InChI is InChI=1S/C22H29N5O2/c1-15-5-3-9-23-20(15)25-19-13-16(2)24-21(26-19)18-6-4-10-27(14-18)22(28)17-7-11-29-12-8-17/h3,5,9,13,17-18H,4,6-8,10-12,14H2,1-2H3,(H,23,24,25,26)/t18-/m1/s1. The Morgan fingerprint density at radius 1 is 1.21 bits per heavy atom. The van der Waals surface area contributed by atoms with Crippen LogP contribution in [-0.4, -0.2) is 52.1 Å². The lowest BCUT2D eigenvalue weighted by molar-refractivity contribution is -0.139. The molecule has 1 atom stereocenters. The molecular weight excluding hydrogens is 366 g/mol. The molecule has 0 aliphatic carbocycles. The number of carbonyl (C=O) groups excluding carboxylic acids is 1. The normalized spacial score (nSPS) is 20.5. The van der Waals surface area contributed by atoms with Crippen molar-refractivity contribution in [2.75, 3.05) is 31.6 Å². The molecule has 0 spiro atoms. The van der Waals surface area contributed by atoms with E-state index in [1.54, 1.807) is 6.20 Å². The van der Waals surface area contributed by atoms with Gasteiger partial charge in [0.2, 0.25) is 5.91 Å². The van der Waals surface area contributed by atoms with Gasteiger partial charge in [0.25, 0.3) is 0 Å². The molecule has 29 heavy (non-hydrogen) atoms. The Morgan fingerprint density at radius 2 is 2.03 bits per heavy atom. The van der Waals surface area contributed by atoms with E-state index in [0.717, 1.165) is 60.9 Å². The van der Waals surface area contributed by atoms with Crippen LogP contribution in [0, 0.1) is 19.8 Å². The smallest absolute Gasteiger partial charge is 0.225 e. The molecule has 4 rings (SSSR count). The van der Waals surface area contributed by atoms with Gasteiger partial charge in [-0.05, 0) is 51.2 Å². The summed E-state index contributed by atoms with van der Waals surface area (Å²) in [6.45, 7) is 6.91. The highest BCUT2D eigenvalue weighted by Crippen LogP contribution is 2.28. The fraction of sp³-hybridized carbons (Fsp3) is 0.545. The number of likely N-dealkylation sites (tertiary alicyclic amines) is 1. The van der Waals surface area contributed by atoms with E-state index in [9.17, 15) is 4.79 Å². The Balaban J connectivity index is 1.49. The van der Waals surface area contributed by atoms with Gasteiger partial charge in [-0.3, -0.25) is 4.79 Å². The number of ether oxygens (including phenoxy) is 1. The number of nitrogens with one attached hydrogen (secondary N) is 1. The molecular formula is C22H29N5O2. The molecule has 2 aromatic rings. The van der Waals surface area contributed by atoms with Gasteiger partial charge in [-0.15, -0.1) is 0 Å². The highest BCUT2D eigenvalue weighted by molar-refractivity contribution is 5.79. The lowest BCUT2D eigenvalue weighted by atomic mass is 9.93. The van der Waals surface area contributed by atoms with E-state index in [2.05, 4.69) is 10.3 Å². The molecule has 0 aromatic carbocycles. The molecule has 2 saturated heterocycles. The Bertz CT molecular complexity index is 866. The molecule has 154 valence electrons. The second kappa shape index (κ2) is 8.86. The van der Waals surface area contributed by atoms with Crippen LogP contribution >= 0.6 is 0 Å². The number of rotatable bonds is 4. The summed E-state index contributed by atoms with van der Waals surface area (Å²) >= 11 is 0. The number of pyridine rings is 1. The first-order valence-corrected chi connectivity index (χ1v) is 10.5. The third-order valence-corrected chi connectivity index (χ3v) is 5.80. The summed E-state index contributed by atoms with van der Waals surface area (Å²) in [5, 5.41) is 3.32. The quantitative estimate of drug-likeness (QED) is 0.855. The fourth-order valence-electron chi connectivity index (χ4n) is 4.17. The summed E-state index contributed by atoms with van der Waals surface area (Å²) in [5.41, 5.74) is 1.98. The van der Waals surface area contributed by atoms with E-state index in [-0.39, 0.29) is 17.7 Å². The van der Waals surface area contributed by atoms with Gasteiger partial charge in [-0.2, -0.15) is 0 Å². The predicted molar refractivity (Wildman–Crippen MR) is 111 cm³/mol. The molecule has 2 fully saturated rings. The van der Waals surface area contributed by atoms with Crippen molar-refractivity contribution in [1.82, 2.24) is 19.9 Å². The SMILES string of the molecule is Cc1cc(Nc2ncccc2C)nc([C@@H]2CCCN(C(=O)C3CCOCC3)C2)n1. The van der Waals surface area contributed by atoms with Crippen LogP contribution in [0.25, 0.3) is 0 Å². The van der Waals surface area contributed by atoms with Crippen molar-refractivity contribution in [3.63, 3.8) is 0 Å². The maximum Gasteiger partial charge on any atom is 0.225 e. The first-order chi connectivity index (χ1) is 14.1. The number of aryl methyl sites for hydroxylation is 2. The minimum Gasteiger partial charge on any atom is -0.381 e. The van der Waals surface area contributed by atoms with E-state index in [0.29, 0.717) is 19.8 Å². The number of hydrogen-bond acceptors (Lipinski definition) is 6. The van der Waals surface area contributed by atoms with Crippen molar-refractivity contribution in [2.24, 2.45) is 5.92 Å². The number of anilines is 2. The number of aromatic nitrogens is 3. The molecule has 0 saturated carbocycles. The molecule has 2 aliphatic rings. The summed E-state index contributed by atoms with van der Waals surface area (Å²) in [6.07, 6.45) is 5.42. The van der Waals surface area contributed by atoms with Crippen molar-refractivity contribution in [3.8, 4) is 0 Å². The average molecular weight is 396 g/mol. The Kier molecular flexibility index (Phi) is 6.04. The zero-order valence-electron chi connectivity index (χ0n) is 17.2. The van der Waals surface area contributed by atoms with Crippen LogP contribution in [0.1, 0.15) is 48.7 Å². The van der Waals surface area contributed by atoms with Crippen molar-refractivity contribution >= 4 is 17.5 Å². The van der Waals surface area contributed by atoms with Crippen LogP contribution in [0.2, 0.25) is 0 Å². The molecule has 7 heteroatoms. The number of hydrogen-bond donors (Lipinski definition) is 1. The van der Waals surface area contributed by atoms with Crippen LogP contribution in [0.5, 0.6) is 0 Å². The maximum absolute atomic E-state index is 13.0. The van der Waals surface area contributed by atoms with Gasteiger partial charge in [0, 0.05) is 56.1 Å². The third kappa shape index (κ3) is 4.72. The van der Waals surface area contributed by atoms with Crippen LogP contribution in [0.15, 0.2) is 24.4 Å². The zero-order chi connectivity index (χ0) is 20.2. The van der Waals surface area contributed by atoms with Crippen LogP contribution in [0.4, 0.5) is 11.6 Å². The van der Waals surface area contributed by atoms with Crippen molar-refractivity contribution in [3.05, 3.63) is 41.5 Å². The van der Waals surface area contributed by atoms with Gasteiger partial charge in [0.05, 0.1) is 0 Å². The van der Waals surface area contributed by atoms with Crippen LogP contribution in [-0.2, 0) is 9.53 Å². The third-order valence-electron chi connectivity index (χ3n) is 5.80. The second-order valence-corrected chi connectivity index (χ2v) is 8.06. The van der Waals surface area contributed by atoms with Crippen molar-refractivity contribution < 1.29 is 9.53 Å². The summed E-state index contributed by atoms with van der Waals surface area (Å²) in [7, 11) is 0. The number of amides is 1. The average Bonchev–Trinajstić information content (AvgIpc) is 2.75. The van der Waals surface area contributed by atoms with Gasteiger partial charge in [0.15, 0.2) is 0 Å². The van der Waals surface area contributed by atoms with Crippen molar-refractivity contribution in [2.45, 2.75) is 45.4 Å². The molecule has 2 aliphatic heterocycles. The Labute approximate surface area is 171 Å². The molecule has 0 bridgehead atoms. The summed E-state index contributed by atoms with van der Waals surface area (Å²) in [5.74, 6) is 2.90. The molecule has 0 radical (unpaired) electrons. The van der Waals surface area contributed by atoms with Gasteiger partial charge in [-0.1, -0.05) is 6.07 Å². The minimum atomic E-state index is 0.102. The Morgan fingerprint density at radius 3 is 2.83 bits per heavy atom. The molecule has 1 N–H and O–H groups in total. The van der Waals surface area contributed by atoms with Gasteiger partial charge in [-0.25, -0.2) is 15.0 Å². The molecule has 0 unspecified atom stereocenters. The van der Waals surface area contributed by atoms with Crippen LogP contribution < -0.4 is 5.32 Å². The van der Waals surface area contributed by atoms with Gasteiger partial charge in [0.1, 0.15) is 17.5 Å². The molecule has 4 heterocycles. The molecule has 2 aromatic heterocycles. The minimum absolute atomic E-state index is 0.102. The lowest BCUT2D eigenvalue weighted by Crippen LogP contribution is -2.44. The van der Waals surface area contributed by atoms with Crippen LogP contribution in [0.3, 0.4) is 0 Å². The zero-order valence-corrected chi connectivity index (χ0v) is 17.2. The molecule has 1 amide bonds. The largest absolute Gasteiger partial charge is 0.381 e. The van der Waals surface area contributed by atoms with Gasteiger partial charge >= 0.3 is 0 Å². The van der Waals surface area contributed by atoms with E-state index in [1.807, 2.05) is 36.9 Å². The number of piperidine rings is 1. The number of carbonyl (C=O) groups is 1. The van der Waals surface area contributed by atoms with E-state index < -0.39 is 0 Å². The van der Waals surface area contributed by atoms with E-state index >= 15 is 0 Å². The fourth-order valence-corrected chi connectivity index (χ4v) is 4.17. The monoisotopic (exact) mass is 395 g/mol. The second-order valence-electron chi connectivity index (χ2n) is 8.06. The van der Waals surface area contributed by atoms with Gasteiger partial charge < -0.3 is 15.0 Å². The lowest BCUT2D eigenvalue weighted by Gasteiger charge is -2.35.